The van der Waals surface area contributed by atoms with Gasteiger partial charge in [0, 0.05) is 31.9 Å². The predicted octanol–water partition coefficient (Wildman–Crippen LogP) is 1.91. The first-order chi connectivity index (χ1) is 9.16. The average Bonchev–Trinajstić information content (AvgIpc) is 2.93. The largest absolute Gasteiger partial charge is 0.487 e. The van der Waals surface area contributed by atoms with Crippen molar-refractivity contribution in [3.8, 4) is 5.75 Å². The molecule has 2 aliphatic heterocycles. The molecule has 104 valence electrons. The molecular formula is C15H23N3O. The van der Waals surface area contributed by atoms with E-state index in [0.717, 1.165) is 43.0 Å². The monoisotopic (exact) mass is 261 g/mol. The van der Waals surface area contributed by atoms with E-state index in [1.54, 1.807) is 0 Å². The van der Waals surface area contributed by atoms with Crippen molar-refractivity contribution in [3.05, 3.63) is 18.3 Å². The van der Waals surface area contributed by atoms with E-state index in [1.807, 2.05) is 18.3 Å². The molecule has 1 aromatic rings. The Morgan fingerprint density at radius 3 is 3.00 bits per heavy atom. The van der Waals surface area contributed by atoms with Gasteiger partial charge in [-0.1, -0.05) is 0 Å². The lowest BCUT2D eigenvalue weighted by atomic mass is 9.95. The summed E-state index contributed by atoms with van der Waals surface area (Å²) in [5.41, 5.74) is 0. The number of ether oxygens (including phenoxy) is 1. The standard InChI is InChI=1S/C15H23N3O/c1-10(2)19-14-5-4-6-17-15(14)18-9-12-7-16-8-13(12)11(18)3/h4-6,10-13,16H,7-9H2,1-3H3. The molecule has 3 rings (SSSR count). The summed E-state index contributed by atoms with van der Waals surface area (Å²) in [6.45, 7) is 9.79. The van der Waals surface area contributed by atoms with Crippen LogP contribution in [0.25, 0.3) is 0 Å². The molecule has 3 atom stereocenters. The summed E-state index contributed by atoms with van der Waals surface area (Å²) in [5.74, 6) is 3.42. The van der Waals surface area contributed by atoms with Crippen molar-refractivity contribution < 1.29 is 4.74 Å². The molecule has 4 nitrogen and oxygen atoms in total. The minimum Gasteiger partial charge on any atom is -0.487 e. The van der Waals surface area contributed by atoms with E-state index in [4.69, 9.17) is 4.74 Å². The molecule has 4 heteroatoms. The van der Waals surface area contributed by atoms with Crippen LogP contribution in [0.2, 0.25) is 0 Å². The smallest absolute Gasteiger partial charge is 0.171 e. The first-order valence-corrected chi connectivity index (χ1v) is 7.26. The molecule has 2 aliphatic rings. The number of hydrogen-bond donors (Lipinski definition) is 1. The Kier molecular flexibility index (Phi) is 3.35. The Hall–Kier alpha value is -1.29. The van der Waals surface area contributed by atoms with Gasteiger partial charge in [0.1, 0.15) is 0 Å². The van der Waals surface area contributed by atoms with Crippen molar-refractivity contribution in [1.29, 1.82) is 0 Å². The fourth-order valence-corrected chi connectivity index (χ4v) is 3.39. The SMILES string of the molecule is CC(C)Oc1cccnc1N1CC2CNCC2C1C. The molecule has 2 fully saturated rings. The van der Waals surface area contributed by atoms with Crippen LogP contribution in [0.1, 0.15) is 20.8 Å². The normalized spacial score (nSPS) is 29.9. The number of hydrogen-bond acceptors (Lipinski definition) is 4. The minimum atomic E-state index is 0.182. The van der Waals surface area contributed by atoms with E-state index < -0.39 is 0 Å². The lowest BCUT2D eigenvalue weighted by Crippen LogP contribution is -2.34. The van der Waals surface area contributed by atoms with Crippen LogP contribution in [0.4, 0.5) is 5.82 Å². The summed E-state index contributed by atoms with van der Waals surface area (Å²) in [6, 6.07) is 4.51. The van der Waals surface area contributed by atoms with Gasteiger partial charge < -0.3 is 15.0 Å². The third-order valence-electron chi connectivity index (χ3n) is 4.32. The summed E-state index contributed by atoms with van der Waals surface area (Å²) < 4.78 is 5.91. The highest BCUT2D eigenvalue weighted by Crippen LogP contribution is 2.38. The van der Waals surface area contributed by atoms with E-state index in [9.17, 15) is 0 Å². The summed E-state index contributed by atoms with van der Waals surface area (Å²) in [6.07, 6.45) is 2.05. The van der Waals surface area contributed by atoms with E-state index in [-0.39, 0.29) is 6.10 Å². The molecule has 0 aromatic carbocycles. The zero-order valence-corrected chi connectivity index (χ0v) is 12.0. The van der Waals surface area contributed by atoms with Crippen LogP contribution in [-0.4, -0.2) is 36.8 Å². The molecule has 0 saturated carbocycles. The van der Waals surface area contributed by atoms with Gasteiger partial charge in [-0.3, -0.25) is 0 Å². The second-order valence-electron chi connectivity index (χ2n) is 5.97. The maximum atomic E-state index is 5.91. The minimum absolute atomic E-state index is 0.182. The molecule has 0 amide bonds. The molecule has 2 saturated heterocycles. The third-order valence-corrected chi connectivity index (χ3v) is 4.32. The number of rotatable bonds is 3. The van der Waals surface area contributed by atoms with Crippen LogP contribution in [0.5, 0.6) is 5.75 Å². The maximum Gasteiger partial charge on any atom is 0.171 e. The van der Waals surface area contributed by atoms with Gasteiger partial charge in [0.15, 0.2) is 11.6 Å². The van der Waals surface area contributed by atoms with Crippen LogP contribution in [0.3, 0.4) is 0 Å². The number of pyridine rings is 1. The van der Waals surface area contributed by atoms with E-state index in [2.05, 4.69) is 36.0 Å². The summed E-state index contributed by atoms with van der Waals surface area (Å²) in [7, 11) is 0. The van der Waals surface area contributed by atoms with Crippen molar-refractivity contribution in [2.75, 3.05) is 24.5 Å². The average molecular weight is 261 g/mol. The lowest BCUT2D eigenvalue weighted by molar-refractivity contribution is 0.241. The second kappa shape index (κ2) is 5.00. The zero-order chi connectivity index (χ0) is 13.4. The zero-order valence-electron chi connectivity index (χ0n) is 12.0. The molecule has 3 heterocycles. The molecule has 0 radical (unpaired) electrons. The number of aromatic nitrogens is 1. The highest BCUT2D eigenvalue weighted by atomic mass is 16.5. The first kappa shape index (κ1) is 12.7. The van der Waals surface area contributed by atoms with Gasteiger partial charge in [0.05, 0.1) is 6.10 Å². The summed E-state index contributed by atoms with van der Waals surface area (Å²) in [4.78, 5) is 7.00. The van der Waals surface area contributed by atoms with E-state index in [1.165, 1.54) is 0 Å². The molecule has 0 aliphatic carbocycles. The highest BCUT2D eigenvalue weighted by molar-refractivity contribution is 5.54. The molecule has 19 heavy (non-hydrogen) atoms. The van der Waals surface area contributed by atoms with Gasteiger partial charge in [-0.05, 0) is 44.7 Å². The van der Waals surface area contributed by atoms with Crippen molar-refractivity contribution in [3.63, 3.8) is 0 Å². The van der Waals surface area contributed by atoms with Gasteiger partial charge in [0.2, 0.25) is 0 Å². The van der Waals surface area contributed by atoms with Gasteiger partial charge in [0.25, 0.3) is 0 Å². The highest BCUT2D eigenvalue weighted by Gasteiger charge is 2.42. The number of anilines is 1. The quantitative estimate of drug-likeness (QED) is 0.902. The lowest BCUT2D eigenvalue weighted by Gasteiger charge is -2.27. The van der Waals surface area contributed by atoms with Crippen molar-refractivity contribution in [2.45, 2.75) is 32.9 Å². The Morgan fingerprint density at radius 1 is 1.42 bits per heavy atom. The Balaban J connectivity index is 1.86. The first-order valence-electron chi connectivity index (χ1n) is 7.26. The Bertz CT molecular complexity index is 449. The third kappa shape index (κ3) is 2.29. The summed E-state index contributed by atoms with van der Waals surface area (Å²) >= 11 is 0. The fourth-order valence-electron chi connectivity index (χ4n) is 3.39. The van der Waals surface area contributed by atoms with Crippen LogP contribution >= 0.6 is 0 Å². The fraction of sp³-hybridized carbons (Fsp3) is 0.667. The molecule has 0 bridgehead atoms. The van der Waals surface area contributed by atoms with Crippen LogP contribution in [0.15, 0.2) is 18.3 Å². The maximum absolute atomic E-state index is 5.91. The topological polar surface area (TPSA) is 37.4 Å². The number of nitrogens with zero attached hydrogens (tertiary/aromatic N) is 2. The number of fused-ring (bicyclic) bond motifs is 1. The molecule has 0 spiro atoms. The van der Waals surface area contributed by atoms with Crippen LogP contribution < -0.4 is 15.0 Å². The molecule has 1 aromatic heterocycles. The Morgan fingerprint density at radius 2 is 2.26 bits per heavy atom. The number of nitrogens with one attached hydrogen (secondary N) is 1. The van der Waals surface area contributed by atoms with Crippen molar-refractivity contribution in [1.82, 2.24) is 10.3 Å². The van der Waals surface area contributed by atoms with E-state index >= 15 is 0 Å². The predicted molar refractivity (Wildman–Crippen MR) is 76.7 cm³/mol. The molecule has 3 unspecified atom stereocenters. The van der Waals surface area contributed by atoms with Crippen LogP contribution in [-0.2, 0) is 0 Å². The van der Waals surface area contributed by atoms with Gasteiger partial charge in [-0.25, -0.2) is 4.98 Å². The molecular weight excluding hydrogens is 238 g/mol. The Labute approximate surface area is 115 Å². The van der Waals surface area contributed by atoms with Gasteiger partial charge in [-0.2, -0.15) is 0 Å². The summed E-state index contributed by atoms with van der Waals surface area (Å²) in [5, 5.41) is 3.50. The van der Waals surface area contributed by atoms with Crippen molar-refractivity contribution in [2.24, 2.45) is 11.8 Å². The van der Waals surface area contributed by atoms with Gasteiger partial charge >= 0.3 is 0 Å². The van der Waals surface area contributed by atoms with Gasteiger partial charge in [-0.15, -0.1) is 0 Å². The van der Waals surface area contributed by atoms with Crippen molar-refractivity contribution >= 4 is 5.82 Å². The van der Waals surface area contributed by atoms with Crippen LogP contribution in [0, 0.1) is 11.8 Å². The van der Waals surface area contributed by atoms with E-state index in [0.29, 0.717) is 6.04 Å². The molecule has 1 N–H and O–H groups in total. The second-order valence-corrected chi connectivity index (χ2v) is 5.97.